The number of nitrogens with zero attached hydrogens (tertiary/aromatic N) is 5. The van der Waals surface area contributed by atoms with Gasteiger partial charge < -0.3 is 19.0 Å². The molecule has 0 fully saturated rings. The molecule has 0 unspecified atom stereocenters. The molecule has 0 aliphatic carbocycles. The molecular weight excluding hydrogens is 681 g/mol. The third kappa shape index (κ3) is 3.85. The van der Waals surface area contributed by atoms with Gasteiger partial charge in [-0.25, -0.2) is 0 Å². The molecule has 0 N–H and O–H groups in total. The average molecular weight is 702 g/mol. The quantitative estimate of drug-likeness (QED) is 0.178. The molecule has 0 atom stereocenters. The van der Waals surface area contributed by atoms with E-state index in [-0.39, 0.29) is 21.1 Å². The van der Waals surface area contributed by atoms with Gasteiger partial charge in [-0.1, -0.05) is 48.0 Å². The Bertz CT molecular complexity index is 2000. The second-order valence-corrected chi connectivity index (χ2v) is 9.35. The van der Waals surface area contributed by atoms with Crippen molar-refractivity contribution in [1.82, 2.24) is 14.5 Å². The number of fused-ring (bicyclic) bond motifs is 5. The molecule has 0 radical (unpaired) electrons. The van der Waals surface area contributed by atoms with E-state index in [2.05, 4.69) is 51.2 Å². The zero-order valence-electron chi connectivity index (χ0n) is 21.2. The largest absolute Gasteiger partial charge is 0.504 e. The van der Waals surface area contributed by atoms with Crippen LogP contribution in [-0.4, -0.2) is 21.6 Å². The summed E-state index contributed by atoms with van der Waals surface area (Å²) < 4.78 is 14.3. The predicted molar refractivity (Wildman–Crippen MR) is 152 cm³/mol. The molecule has 0 bridgehead atoms. The number of para-hydroxylation sites is 5. The fraction of sp³-hybridized carbons (Fsp3) is 0.0312. The molecular formula is C32H20N5O2Pt-3. The third-order valence-electron chi connectivity index (χ3n) is 6.97. The third-order valence-corrected chi connectivity index (χ3v) is 6.97. The number of hydrogen-bond donors (Lipinski definition) is 0. The van der Waals surface area contributed by atoms with Crippen molar-refractivity contribution in [1.29, 1.82) is 0 Å². The summed E-state index contributed by atoms with van der Waals surface area (Å²) in [5.41, 5.74) is 6.34. The second-order valence-electron chi connectivity index (χ2n) is 9.35. The Morgan fingerprint density at radius 1 is 0.825 bits per heavy atom. The number of aromatic nitrogens is 3. The van der Waals surface area contributed by atoms with Crippen LogP contribution in [0.1, 0.15) is 0 Å². The molecule has 1 aliphatic rings. The molecule has 4 heterocycles. The first-order valence-electron chi connectivity index (χ1n) is 12.6. The van der Waals surface area contributed by atoms with Crippen molar-refractivity contribution in [3.8, 4) is 17.6 Å². The van der Waals surface area contributed by atoms with E-state index in [1.165, 1.54) is 0 Å². The van der Waals surface area contributed by atoms with Crippen molar-refractivity contribution in [3.63, 3.8) is 0 Å². The van der Waals surface area contributed by atoms with Gasteiger partial charge in [0.05, 0.1) is 0 Å². The molecule has 8 heteroatoms. The molecule has 0 saturated carbocycles. The minimum absolute atomic E-state index is 0. The number of anilines is 3. The van der Waals surface area contributed by atoms with Gasteiger partial charge in [0.2, 0.25) is 0 Å². The average Bonchev–Trinajstić information content (AvgIpc) is 3.64. The van der Waals surface area contributed by atoms with Gasteiger partial charge in [-0.15, -0.1) is 17.5 Å². The predicted octanol–water partition coefficient (Wildman–Crippen LogP) is 7.42. The Morgan fingerprint density at radius 2 is 1.62 bits per heavy atom. The van der Waals surface area contributed by atoms with Gasteiger partial charge >= 0.3 is 6.01 Å². The summed E-state index contributed by atoms with van der Waals surface area (Å²) in [5, 5.41) is 2.11. The summed E-state index contributed by atoms with van der Waals surface area (Å²) >= 11 is 0. The molecule has 198 valence electrons. The van der Waals surface area contributed by atoms with Gasteiger partial charge in [0.25, 0.3) is 0 Å². The van der Waals surface area contributed by atoms with Crippen molar-refractivity contribution in [2.45, 2.75) is 0 Å². The van der Waals surface area contributed by atoms with Crippen LogP contribution in [-0.2, 0) is 21.1 Å². The molecule has 0 saturated heterocycles. The van der Waals surface area contributed by atoms with E-state index >= 15 is 0 Å². The van der Waals surface area contributed by atoms with E-state index in [0.717, 1.165) is 50.0 Å². The fourth-order valence-electron chi connectivity index (χ4n) is 5.20. The van der Waals surface area contributed by atoms with Crippen molar-refractivity contribution in [2.75, 3.05) is 16.8 Å². The number of hydrogen-bond acceptors (Lipinski definition) is 6. The zero-order chi connectivity index (χ0) is 25.9. The SMILES string of the molecule is CN1[CH-]N(c2[c-]c(Oc3[c-]c4c(cc3)c3ccccc3n4-c3nc4ccccc4o3)ncc2)c2ccccc21.[Pt]. The molecule has 4 aromatic carbocycles. The molecule has 8 rings (SSSR count). The van der Waals surface area contributed by atoms with Crippen LogP contribution < -0.4 is 14.5 Å². The van der Waals surface area contributed by atoms with E-state index in [1.54, 1.807) is 6.20 Å². The Morgan fingerprint density at radius 3 is 2.52 bits per heavy atom. The molecule has 3 aromatic heterocycles. The summed E-state index contributed by atoms with van der Waals surface area (Å²) in [6.07, 6.45) is 1.73. The standard InChI is InChI=1S/C32H20N5O2.Pt/c1-35-20-36(28-12-6-5-11-27(28)35)21-16-17-33-31(18-21)38-22-14-15-24-23-8-2-4-10-26(23)37(29(24)19-22)32-34-25-9-3-7-13-30(25)39-32;/h2-17,20H,1H3;/q-3;. The summed E-state index contributed by atoms with van der Waals surface area (Å²) in [6.45, 7) is 2.03. The summed E-state index contributed by atoms with van der Waals surface area (Å²) in [7, 11) is 2.03. The maximum absolute atomic E-state index is 6.21. The van der Waals surface area contributed by atoms with Gasteiger partial charge in [0.15, 0.2) is 5.58 Å². The Kier molecular flexibility index (Phi) is 5.83. The minimum Gasteiger partial charge on any atom is -0.504 e. The van der Waals surface area contributed by atoms with E-state index in [4.69, 9.17) is 14.1 Å². The Balaban J connectivity index is 0.00000264. The summed E-state index contributed by atoms with van der Waals surface area (Å²) in [4.78, 5) is 13.3. The van der Waals surface area contributed by atoms with Gasteiger partial charge in [0, 0.05) is 43.7 Å². The van der Waals surface area contributed by atoms with Crippen molar-refractivity contribution in [3.05, 3.63) is 116 Å². The molecule has 0 spiro atoms. The van der Waals surface area contributed by atoms with Crippen LogP contribution in [0, 0.1) is 18.8 Å². The van der Waals surface area contributed by atoms with E-state index in [9.17, 15) is 0 Å². The first-order chi connectivity index (χ1) is 19.2. The minimum atomic E-state index is 0. The summed E-state index contributed by atoms with van der Waals surface area (Å²) in [6, 6.07) is 37.2. The number of pyridine rings is 1. The van der Waals surface area contributed by atoms with Crippen molar-refractivity contribution >= 4 is 50.0 Å². The first kappa shape index (κ1) is 24.4. The number of benzene rings is 4. The topological polar surface area (TPSA) is 59.6 Å². The van der Waals surface area contributed by atoms with E-state index in [1.807, 2.05) is 85.0 Å². The van der Waals surface area contributed by atoms with Gasteiger partial charge in [-0.05, 0) is 49.0 Å². The Hall–Kier alpha value is -4.61. The van der Waals surface area contributed by atoms with Crippen molar-refractivity contribution < 1.29 is 30.2 Å². The zero-order valence-corrected chi connectivity index (χ0v) is 23.5. The van der Waals surface area contributed by atoms with Gasteiger partial charge in [-0.3, -0.25) is 9.55 Å². The number of rotatable bonds is 4. The monoisotopic (exact) mass is 701 g/mol. The van der Waals surface area contributed by atoms with Crippen LogP contribution in [0.4, 0.5) is 17.1 Å². The van der Waals surface area contributed by atoms with Crippen LogP contribution in [0.3, 0.4) is 0 Å². The molecule has 0 amide bonds. The Labute approximate surface area is 244 Å². The second kappa shape index (κ2) is 9.54. The van der Waals surface area contributed by atoms with Crippen LogP contribution in [0.25, 0.3) is 38.9 Å². The first-order valence-corrected chi connectivity index (χ1v) is 12.6. The summed E-state index contributed by atoms with van der Waals surface area (Å²) in [5.74, 6) is 0.875. The fourth-order valence-corrected chi connectivity index (χ4v) is 5.20. The number of oxazole rings is 1. The van der Waals surface area contributed by atoms with E-state index < -0.39 is 0 Å². The van der Waals surface area contributed by atoms with Gasteiger partial charge in [-0.2, -0.15) is 35.5 Å². The van der Waals surface area contributed by atoms with Crippen molar-refractivity contribution in [2.24, 2.45) is 0 Å². The normalized spacial score (nSPS) is 12.7. The molecule has 7 nitrogen and oxygen atoms in total. The molecule has 1 aliphatic heterocycles. The van der Waals surface area contributed by atoms with Crippen LogP contribution in [0.5, 0.6) is 11.6 Å². The van der Waals surface area contributed by atoms with Gasteiger partial charge in [0.1, 0.15) is 11.4 Å². The van der Waals surface area contributed by atoms with E-state index in [0.29, 0.717) is 17.6 Å². The number of ether oxygens (including phenoxy) is 1. The van der Waals surface area contributed by atoms with Crippen LogP contribution in [0.2, 0.25) is 0 Å². The molecule has 7 aromatic rings. The van der Waals surface area contributed by atoms with Crippen LogP contribution in [0.15, 0.2) is 102 Å². The van der Waals surface area contributed by atoms with Crippen LogP contribution >= 0.6 is 0 Å². The maximum Gasteiger partial charge on any atom is 0.305 e. The smallest absolute Gasteiger partial charge is 0.305 e. The maximum atomic E-state index is 6.21. The molecule has 40 heavy (non-hydrogen) atoms.